The lowest BCUT2D eigenvalue weighted by Crippen LogP contribution is -1.98. The van der Waals surface area contributed by atoms with Crippen LogP contribution in [0.2, 0.25) is 5.15 Å². The number of ether oxygens (including phenoxy) is 1. The first kappa shape index (κ1) is 14.0. The van der Waals surface area contributed by atoms with Gasteiger partial charge in [-0.15, -0.1) is 0 Å². The SMILES string of the molecule is COc1ccc2cnn(C)c2c1NSc1ccc(Cl)nc1. The molecular formula is C14H13ClN4OS. The first-order valence-corrected chi connectivity index (χ1v) is 7.41. The van der Waals surface area contributed by atoms with Gasteiger partial charge in [-0.25, -0.2) is 4.98 Å². The number of aromatic nitrogens is 3. The zero-order valence-corrected chi connectivity index (χ0v) is 13.1. The van der Waals surface area contributed by atoms with Crippen LogP contribution in [-0.4, -0.2) is 21.9 Å². The highest BCUT2D eigenvalue weighted by atomic mass is 35.5. The number of rotatable bonds is 4. The summed E-state index contributed by atoms with van der Waals surface area (Å²) in [6, 6.07) is 7.57. The van der Waals surface area contributed by atoms with E-state index in [-0.39, 0.29) is 0 Å². The maximum atomic E-state index is 5.79. The summed E-state index contributed by atoms with van der Waals surface area (Å²) in [5.41, 5.74) is 1.87. The number of benzene rings is 1. The summed E-state index contributed by atoms with van der Waals surface area (Å²) in [5, 5.41) is 5.81. The van der Waals surface area contributed by atoms with E-state index in [2.05, 4.69) is 14.8 Å². The molecule has 2 aromatic heterocycles. The topological polar surface area (TPSA) is 52.0 Å². The monoisotopic (exact) mass is 320 g/mol. The summed E-state index contributed by atoms with van der Waals surface area (Å²) < 4.78 is 10.6. The molecule has 0 bridgehead atoms. The molecule has 3 aromatic rings. The van der Waals surface area contributed by atoms with Gasteiger partial charge in [-0.2, -0.15) is 5.10 Å². The molecule has 0 amide bonds. The normalized spacial score (nSPS) is 10.8. The number of anilines is 1. The van der Waals surface area contributed by atoms with Crippen LogP contribution in [0.5, 0.6) is 5.75 Å². The lowest BCUT2D eigenvalue weighted by Gasteiger charge is -2.12. The number of nitrogens with zero attached hydrogens (tertiary/aromatic N) is 3. The molecule has 0 aliphatic heterocycles. The minimum Gasteiger partial charge on any atom is -0.494 e. The van der Waals surface area contributed by atoms with E-state index >= 15 is 0 Å². The number of fused-ring (bicyclic) bond motifs is 1. The molecule has 108 valence electrons. The number of halogens is 1. The van der Waals surface area contributed by atoms with Crippen LogP contribution < -0.4 is 9.46 Å². The van der Waals surface area contributed by atoms with Crippen LogP contribution >= 0.6 is 23.5 Å². The second-order valence-electron chi connectivity index (χ2n) is 4.37. The molecule has 1 N–H and O–H groups in total. The molecule has 3 rings (SSSR count). The van der Waals surface area contributed by atoms with Crippen LogP contribution in [0.4, 0.5) is 5.69 Å². The predicted octanol–water partition coefficient (Wildman–Crippen LogP) is 3.75. The first-order chi connectivity index (χ1) is 10.2. The van der Waals surface area contributed by atoms with Crippen molar-refractivity contribution < 1.29 is 4.74 Å². The fraction of sp³-hybridized carbons (Fsp3) is 0.143. The van der Waals surface area contributed by atoms with E-state index in [4.69, 9.17) is 16.3 Å². The fourth-order valence-electron chi connectivity index (χ4n) is 2.05. The van der Waals surface area contributed by atoms with Gasteiger partial charge < -0.3 is 9.46 Å². The van der Waals surface area contributed by atoms with Crippen LogP contribution in [0.15, 0.2) is 41.6 Å². The molecule has 0 fully saturated rings. The number of methoxy groups -OCH3 is 1. The largest absolute Gasteiger partial charge is 0.494 e. The van der Waals surface area contributed by atoms with E-state index < -0.39 is 0 Å². The molecule has 0 atom stereocenters. The zero-order valence-electron chi connectivity index (χ0n) is 11.5. The Kier molecular flexibility index (Phi) is 3.90. The standard InChI is InChI=1S/C14H13ClN4OS/c1-19-14-9(7-17-19)3-5-11(20-2)13(14)18-21-10-4-6-12(15)16-8-10/h3-8,18H,1-2H3. The predicted molar refractivity (Wildman–Crippen MR) is 86.0 cm³/mol. The Morgan fingerprint density at radius 1 is 1.24 bits per heavy atom. The maximum Gasteiger partial charge on any atom is 0.145 e. The number of nitrogens with one attached hydrogen (secondary N) is 1. The Morgan fingerprint density at radius 2 is 2.10 bits per heavy atom. The van der Waals surface area contributed by atoms with Gasteiger partial charge in [0.1, 0.15) is 16.6 Å². The minimum absolute atomic E-state index is 0.477. The van der Waals surface area contributed by atoms with E-state index in [1.807, 2.05) is 36.1 Å². The van der Waals surface area contributed by atoms with Crippen LogP contribution in [0.1, 0.15) is 0 Å². The fourth-order valence-corrected chi connectivity index (χ4v) is 2.82. The van der Waals surface area contributed by atoms with E-state index in [1.165, 1.54) is 11.9 Å². The number of hydrogen-bond donors (Lipinski definition) is 1. The van der Waals surface area contributed by atoms with Crippen molar-refractivity contribution in [2.45, 2.75) is 4.90 Å². The van der Waals surface area contributed by atoms with Gasteiger partial charge in [0, 0.05) is 23.5 Å². The summed E-state index contributed by atoms with van der Waals surface area (Å²) in [6.07, 6.45) is 3.55. The zero-order chi connectivity index (χ0) is 14.8. The van der Waals surface area contributed by atoms with Crippen LogP contribution in [0, 0.1) is 0 Å². The molecule has 0 unspecified atom stereocenters. The summed E-state index contributed by atoms with van der Waals surface area (Å²) in [5.74, 6) is 0.764. The Bertz CT molecular complexity index is 772. The van der Waals surface area contributed by atoms with Crippen molar-refractivity contribution in [1.82, 2.24) is 14.8 Å². The second-order valence-corrected chi connectivity index (χ2v) is 5.64. The Hall–Kier alpha value is -1.92. The van der Waals surface area contributed by atoms with Crippen molar-refractivity contribution in [3.8, 4) is 5.75 Å². The van der Waals surface area contributed by atoms with Crippen molar-refractivity contribution >= 4 is 40.1 Å². The van der Waals surface area contributed by atoms with Gasteiger partial charge in [0.15, 0.2) is 0 Å². The molecule has 7 heteroatoms. The van der Waals surface area contributed by atoms with Gasteiger partial charge in [-0.1, -0.05) is 11.6 Å². The van der Waals surface area contributed by atoms with E-state index in [9.17, 15) is 0 Å². The third kappa shape index (κ3) is 2.77. The van der Waals surface area contributed by atoms with Crippen LogP contribution in [-0.2, 0) is 7.05 Å². The van der Waals surface area contributed by atoms with Crippen molar-refractivity contribution in [2.24, 2.45) is 7.05 Å². The minimum atomic E-state index is 0.477. The van der Waals surface area contributed by atoms with Crippen molar-refractivity contribution in [3.63, 3.8) is 0 Å². The van der Waals surface area contributed by atoms with Gasteiger partial charge in [-0.05, 0) is 36.2 Å². The third-order valence-electron chi connectivity index (χ3n) is 3.06. The van der Waals surface area contributed by atoms with E-state index in [0.29, 0.717) is 5.15 Å². The smallest absolute Gasteiger partial charge is 0.145 e. The highest BCUT2D eigenvalue weighted by Gasteiger charge is 2.12. The average Bonchev–Trinajstić information content (AvgIpc) is 2.88. The lowest BCUT2D eigenvalue weighted by atomic mass is 10.2. The Balaban J connectivity index is 1.95. The second kappa shape index (κ2) is 5.83. The van der Waals surface area contributed by atoms with Crippen molar-refractivity contribution in [3.05, 3.63) is 41.8 Å². The van der Waals surface area contributed by atoms with Gasteiger partial charge >= 0.3 is 0 Å². The van der Waals surface area contributed by atoms with Crippen molar-refractivity contribution in [2.75, 3.05) is 11.8 Å². The third-order valence-corrected chi connectivity index (χ3v) is 4.06. The maximum absolute atomic E-state index is 5.79. The Labute approximate surface area is 131 Å². The molecule has 21 heavy (non-hydrogen) atoms. The molecule has 1 aromatic carbocycles. The van der Waals surface area contributed by atoms with Crippen LogP contribution in [0.25, 0.3) is 10.9 Å². The number of pyridine rings is 1. The number of aryl methyl sites for hydroxylation is 1. The lowest BCUT2D eigenvalue weighted by molar-refractivity contribution is 0.417. The van der Waals surface area contributed by atoms with E-state index in [1.54, 1.807) is 19.4 Å². The molecule has 0 radical (unpaired) electrons. The summed E-state index contributed by atoms with van der Waals surface area (Å²) in [7, 11) is 3.55. The molecule has 0 aliphatic rings. The van der Waals surface area contributed by atoms with E-state index in [0.717, 1.165) is 27.2 Å². The molecule has 0 saturated carbocycles. The molecular weight excluding hydrogens is 308 g/mol. The van der Waals surface area contributed by atoms with Gasteiger partial charge in [-0.3, -0.25) is 4.68 Å². The first-order valence-electron chi connectivity index (χ1n) is 6.22. The highest BCUT2D eigenvalue weighted by Crippen LogP contribution is 2.35. The summed E-state index contributed by atoms with van der Waals surface area (Å²) in [6.45, 7) is 0. The van der Waals surface area contributed by atoms with Crippen LogP contribution in [0.3, 0.4) is 0 Å². The summed E-state index contributed by atoms with van der Waals surface area (Å²) >= 11 is 7.23. The molecule has 0 aliphatic carbocycles. The van der Waals surface area contributed by atoms with Gasteiger partial charge in [0.2, 0.25) is 0 Å². The van der Waals surface area contributed by atoms with Gasteiger partial charge in [0.05, 0.1) is 18.8 Å². The Morgan fingerprint density at radius 3 is 2.81 bits per heavy atom. The van der Waals surface area contributed by atoms with Crippen molar-refractivity contribution in [1.29, 1.82) is 0 Å². The average molecular weight is 321 g/mol. The summed E-state index contributed by atoms with van der Waals surface area (Å²) in [4.78, 5) is 5.02. The molecule has 0 saturated heterocycles. The van der Waals surface area contributed by atoms with Gasteiger partial charge in [0.25, 0.3) is 0 Å². The molecule has 0 spiro atoms. The quantitative estimate of drug-likeness (QED) is 0.586. The molecule has 2 heterocycles. The number of hydrogen-bond acceptors (Lipinski definition) is 5. The highest BCUT2D eigenvalue weighted by molar-refractivity contribution is 8.00. The molecule has 5 nitrogen and oxygen atoms in total.